The third-order valence-corrected chi connectivity index (χ3v) is 2.70. The molecule has 98 valence electrons. The number of hydrogen-bond acceptors (Lipinski definition) is 1. The van der Waals surface area contributed by atoms with Gasteiger partial charge in [-0.1, -0.05) is 58.1 Å². The smallest absolute Gasteiger partial charge is 1.00 e. The standard InChI is InChI=1S/C15H30O.Li.H/c1-3-5-7-9-11-13-15-16-14-12-10-8-6-4-2;;/h6,8H,3-5,7,9-15H2,1-2H3;;/q;+1;-1/b8-6-;;. The zero-order chi connectivity index (χ0) is 11.9. The van der Waals surface area contributed by atoms with Crippen LogP contribution >= 0.6 is 0 Å². The Morgan fingerprint density at radius 3 is 2.18 bits per heavy atom. The number of ether oxygens (including phenoxy) is 1. The van der Waals surface area contributed by atoms with Crippen molar-refractivity contribution in [3.8, 4) is 0 Å². The summed E-state index contributed by atoms with van der Waals surface area (Å²) in [6.45, 7) is 6.33. The molecule has 0 aromatic rings. The summed E-state index contributed by atoms with van der Waals surface area (Å²) in [6, 6.07) is 0. The predicted molar refractivity (Wildman–Crippen MR) is 74.0 cm³/mol. The molecule has 0 fully saturated rings. The second-order valence-corrected chi connectivity index (χ2v) is 4.40. The fraction of sp³-hybridized carbons (Fsp3) is 0.867. The van der Waals surface area contributed by atoms with Gasteiger partial charge in [0.1, 0.15) is 0 Å². The van der Waals surface area contributed by atoms with Crippen LogP contribution in [0.5, 0.6) is 0 Å². The van der Waals surface area contributed by atoms with Crippen molar-refractivity contribution in [2.24, 2.45) is 0 Å². The van der Waals surface area contributed by atoms with Crippen molar-refractivity contribution in [1.82, 2.24) is 0 Å². The van der Waals surface area contributed by atoms with Crippen molar-refractivity contribution >= 4 is 0 Å². The molecule has 0 atom stereocenters. The van der Waals surface area contributed by atoms with Gasteiger partial charge in [-0.3, -0.25) is 0 Å². The third kappa shape index (κ3) is 18.8. The molecule has 0 N–H and O–H groups in total. The van der Waals surface area contributed by atoms with E-state index < -0.39 is 0 Å². The molecule has 0 saturated carbocycles. The monoisotopic (exact) mass is 234 g/mol. The predicted octanol–water partition coefficient (Wildman–Crippen LogP) is 2.23. The van der Waals surface area contributed by atoms with Crippen LogP contribution in [0.2, 0.25) is 0 Å². The van der Waals surface area contributed by atoms with Gasteiger partial charge in [-0.2, -0.15) is 0 Å². The summed E-state index contributed by atoms with van der Waals surface area (Å²) in [5.74, 6) is 0. The van der Waals surface area contributed by atoms with Crippen molar-refractivity contribution in [2.75, 3.05) is 13.2 Å². The maximum Gasteiger partial charge on any atom is 1.00 e. The quantitative estimate of drug-likeness (QED) is 0.286. The van der Waals surface area contributed by atoms with Crippen LogP contribution in [0.1, 0.15) is 73.1 Å². The van der Waals surface area contributed by atoms with Crippen LogP contribution in [0, 0.1) is 0 Å². The molecule has 0 bridgehead atoms. The molecule has 0 aromatic heterocycles. The average Bonchev–Trinajstić information content (AvgIpc) is 2.31. The average molecular weight is 234 g/mol. The molecule has 0 spiro atoms. The zero-order valence-electron chi connectivity index (χ0n) is 13.3. The Morgan fingerprint density at radius 2 is 1.47 bits per heavy atom. The van der Waals surface area contributed by atoms with E-state index in [4.69, 9.17) is 4.74 Å². The second kappa shape index (κ2) is 18.7. The number of unbranched alkanes of at least 4 members (excludes halogenated alkanes) is 6. The third-order valence-electron chi connectivity index (χ3n) is 2.70. The van der Waals surface area contributed by atoms with Crippen LogP contribution in [0.4, 0.5) is 0 Å². The minimum absolute atomic E-state index is 0. The van der Waals surface area contributed by atoms with Crippen LogP contribution in [-0.4, -0.2) is 13.2 Å². The molecule has 0 heterocycles. The molecule has 0 aliphatic carbocycles. The van der Waals surface area contributed by atoms with Crippen LogP contribution in [0.3, 0.4) is 0 Å². The van der Waals surface area contributed by atoms with Gasteiger partial charge in [0.2, 0.25) is 0 Å². The van der Waals surface area contributed by atoms with E-state index >= 15 is 0 Å². The first-order chi connectivity index (χ1) is 7.91. The normalized spacial score (nSPS) is 10.7. The molecular weight excluding hydrogens is 203 g/mol. The van der Waals surface area contributed by atoms with Gasteiger partial charge in [-0.15, -0.1) is 0 Å². The van der Waals surface area contributed by atoms with Crippen LogP contribution in [0.25, 0.3) is 0 Å². The maximum absolute atomic E-state index is 5.59. The minimum atomic E-state index is 0. The Hall–Kier alpha value is 0.297. The van der Waals surface area contributed by atoms with Gasteiger partial charge >= 0.3 is 18.9 Å². The summed E-state index contributed by atoms with van der Waals surface area (Å²) in [5.41, 5.74) is 0. The summed E-state index contributed by atoms with van der Waals surface area (Å²) in [7, 11) is 0. The molecule has 0 saturated heterocycles. The van der Waals surface area contributed by atoms with Gasteiger partial charge in [0.05, 0.1) is 0 Å². The van der Waals surface area contributed by atoms with Crippen molar-refractivity contribution in [3.63, 3.8) is 0 Å². The van der Waals surface area contributed by atoms with Crippen LogP contribution in [-0.2, 0) is 4.74 Å². The minimum Gasteiger partial charge on any atom is -1.00 e. The first-order valence-electron chi connectivity index (χ1n) is 7.14. The van der Waals surface area contributed by atoms with E-state index in [1.165, 1.54) is 51.4 Å². The molecule has 1 nitrogen and oxygen atoms in total. The molecule has 0 unspecified atom stereocenters. The van der Waals surface area contributed by atoms with E-state index in [2.05, 4.69) is 26.0 Å². The Morgan fingerprint density at radius 1 is 0.824 bits per heavy atom. The van der Waals surface area contributed by atoms with Crippen molar-refractivity contribution in [2.45, 2.75) is 71.6 Å². The van der Waals surface area contributed by atoms with E-state index in [1.807, 2.05) is 0 Å². The Kier molecular flexibility index (Phi) is 21.5. The summed E-state index contributed by atoms with van der Waals surface area (Å²) in [4.78, 5) is 0. The second-order valence-electron chi connectivity index (χ2n) is 4.40. The molecular formula is C15H31LiO. The fourth-order valence-corrected chi connectivity index (χ4v) is 1.67. The zero-order valence-corrected chi connectivity index (χ0v) is 12.3. The maximum atomic E-state index is 5.59. The fourth-order valence-electron chi connectivity index (χ4n) is 1.67. The van der Waals surface area contributed by atoms with E-state index in [9.17, 15) is 0 Å². The Labute approximate surface area is 122 Å². The molecule has 0 aliphatic rings. The van der Waals surface area contributed by atoms with E-state index in [0.717, 1.165) is 19.6 Å². The molecule has 0 amide bonds. The van der Waals surface area contributed by atoms with Gasteiger partial charge in [-0.05, 0) is 25.7 Å². The summed E-state index contributed by atoms with van der Waals surface area (Å²) in [5, 5.41) is 0. The summed E-state index contributed by atoms with van der Waals surface area (Å²) < 4.78 is 5.59. The Balaban J connectivity index is -0.00000112. The van der Waals surface area contributed by atoms with Crippen molar-refractivity contribution < 1.29 is 25.0 Å². The van der Waals surface area contributed by atoms with Crippen molar-refractivity contribution in [1.29, 1.82) is 0 Å². The SMILES string of the molecule is CC/C=C\CCCOCCCCCCCC.[H-].[Li+]. The molecule has 0 aromatic carbocycles. The molecule has 0 aliphatic heterocycles. The van der Waals surface area contributed by atoms with Gasteiger partial charge in [0.15, 0.2) is 0 Å². The first-order valence-corrected chi connectivity index (χ1v) is 7.14. The van der Waals surface area contributed by atoms with E-state index in [0.29, 0.717) is 0 Å². The Bertz CT molecular complexity index is 151. The summed E-state index contributed by atoms with van der Waals surface area (Å²) in [6.07, 6.45) is 16.1. The van der Waals surface area contributed by atoms with Gasteiger partial charge in [0.25, 0.3) is 0 Å². The van der Waals surface area contributed by atoms with E-state index in [1.54, 1.807) is 0 Å². The molecule has 2 heteroatoms. The molecule has 0 rings (SSSR count). The van der Waals surface area contributed by atoms with Crippen LogP contribution in [0.15, 0.2) is 12.2 Å². The van der Waals surface area contributed by atoms with Gasteiger partial charge in [-0.25, -0.2) is 0 Å². The summed E-state index contributed by atoms with van der Waals surface area (Å²) >= 11 is 0. The topological polar surface area (TPSA) is 9.23 Å². The number of hydrogen-bond donors (Lipinski definition) is 0. The number of rotatable bonds is 12. The first kappa shape index (κ1) is 19.6. The largest absolute Gasteiger partial charge is 1.00 e. The van der Waals surface area contributed by atoms with Gasteiger partial charge < -0.3 is 6.16 Å². The van der Waals surface area contributed by atoms with Crippen molar-refractivity contribution in [3.05, 3.63) is 12.2 Å². The van der Waals surface area contributed by atoms with Gasteiger partial charge in [0, 0.05) is 13.2 Å². The van der Waals surface area contributed by atoms with Crippen LogP contribution < -0.4 is 18.9 Å². The molecule has 17 heavy (non-hydrogen) atoms. The van der Waals surface area contributed by atoms with E-state index in [-0.39, 0.29) is 20.3 Å². The number of allylic oxidation sites excluding steroid dienone is 2. The molecule has 0 radical (unpaired) electrons.